The average molecular weight is 198 g/mol. The van der Waals surface area contributed by atoms with Gasteiger partial charge in [0.1, 0.15) is 11.6 Å². The number of hydrogen-bond acceptors (Lipinski definition) is 1. The van der Waals surface area contributed by atoms with Gasteiger partial charge in [0.15, 0.2) is 0 Å². The predicted molar refractivity (Wildman–Crippen MR) is 47.8 cm³/mol. The number of carboxylic acid groups (broad SMARTS) is 1. The van der Waals surface area contributed by atoms with Crippen LogP contribution in [0, 0.1) is 18.6 Å². The highest BCUT2D eigenvalue weighted by Gasteiger charge is 2.05. The molecule has 0 aliphatic heterocycles. The Labute approximate surface area is 79.5 Å². The first-order valence-electron chi connectivity index (χ1n) is 3.87. The SMILES string of the molecule is Cc1cc(F)cc(F)c1/C=C/C(=O)O. The van der Waals surface area contributed by atoms with Crippen molar-refractivity contribution in [2.75, 3.05) is 0 Å². The summed E-state index contributed by atoms with van der Waals surface area (Å²) < 4.78 is 25.7. The van der Waals surface area contributed by atoms with Crippen molar-refractivity contribution in [2.24, 2.45) is 0 Å². The summed E-state index contributed by atoms with van der Waals surface area (Å²) in [6.45, 7) is 1.51. The minimum Gasteiger partial charge on any atom is -0.478 e. The van der Waals surface area contributed by atoms with Crippen molar-refractivity contribution < 1.29 is 18.7 Å². The van der Waals surface area contributed by atoms with Gasteiger partial charge < -0.3 is 5.11 Å². The van der Waals surface area contributed by atoms with Gasteiger partial charge in [-0.2, -0.15) is 0 Å². The first-order chi connectivity index (χ1) is 6.50. The molecule has 0 aromatic heterocycles. The number of aliphatic carboxylic acids is 1. The molecule has 1 aromatic carbocycles. The third-order valence-corrected chi connectivity index (χ3v) is 1.69. The molecule has 0 unspecified atom stereocenters. The minimum atomic E-state index is -1.17. The largest absolute Gasteiger partial charge is 0.478 e. The maximum atomic E-state index is 13.1. The molecule has 0 heterocycles. The number of aryl methyl sites for hydroxylation is 1. The van der Waals surface area contributed by atoms with Gasteiger partial charge in [0, 0.05) is 17.7 Å². The molecule has 0 saturated carbocycles. The molecule has 0 atom stereocenters. The molecule has 74 valence electrons. The van der Waals surface area contributed by atoms with Gasteiger partial charge in [-0.25, -0.2) is 13.6 Å². The number of carboxylic acids is 1. The van der Waals surface area contributed by atoms with Gasteiger partial charge in [0.25, 0.3) is 0 Å². The molecule has 4 heteroatoms. The third-order valence-electron chi connectivity index (χ3n) is 1.69. The van der Waals surface area contributed by atoms with Crippen LogP contribution in [0.4, 0.5) is 8.78 Å². The van der Waals surface area contributed by atoms with Gasteiger partial charge in [0.05, 0.1) is 0 Å². The average Bonchev–Trinajstić information content (AvgIpc) is 2.01. The second-order valence-electron chi connectivity index (χ2n) is 2.79. The Bertz CT molecular complexity index is 374. The molecule has 14 heavy (non-hydrogen) atoms. The number of hydrogen-bond donors (Lipinski definition) is 1. The van der Waals surface area contributed by atoms with E-state index in [1.54, 1.807) is 0 Å². The minimum absolute atomic E-state index is 0.0915. The van der Waals surface area contributed by atoms with Gasteiger partial charge in [-0.15, -0.1) is 0 Å². The van der Waals surface area contributed by atoms with Crippen LogP contribution in [0.15, 0.2) is 18.2 Å². The summed E-state index contributed by atoms with van der Waals surface area (Å²) in [6, 6.07) is 1.86. The van der Waals surface area contributed by atoms with E-state index in [0.717, 1.165) is 18.2 Å². The van der Waals surface area contributed by atoms with Crippen molar-refractivity contribution in [2.45, 2.75) is 6.92 Å². The lowest BCUT2D eigenvalue weighted by atomic mass is 10.1. The smallest absolute Gasteiger partial charge is 0.328 e. The van der Waals surface area contributed by atoms with Gasteiger partial charge in [-0.1, -0.05) is 0 Å². The van der Waals surface area contributed by atoms with Crippen molar-refractivity contribution in [1.29, 1.82) is 0 Å². The summed E-state index contributed by atoms with van der Waals surface area (Å²) in [6.07, 6.45) is 1.91. The van der Waals surface area contributed by atoms with E-state index in [4.69, 9.17) is 5.11 Å². The fourth-order valence-electron chi connectivity index (χ4n) is 1.08. The van der Waals surface area contributed by atoms with Crippen molar-refractivity contribution in [3.63, 3.8) is 0 Å². The lowest BCUT2D eigenvalue weighted by Gasteiger charge is -2.01. The van der Waals surface area contributed by atoms with Crippen molar-refractivity contribution in [3.8, 4) is 0 Å². The molecule has 1 aromatic rings. The number of benzene rings is 1. The first kappa shape index (κ1) is 10.4. The summed E-state index contributed by atoms with van der Waals surface area (Å²) in [5, 5.41) is 8.33. The molecule has 0 fully saturated rings. The molecule has 0 aliphatic rings. The Balaban J connectivity index is 3.15. The molecular weight excluding hydrogens is 190 g/mol. The maximum absolute atomic E-state index is 13.1. The normalized spacial score (nSPS) is 10.8. The van der Waals surface area contributed by atoms with Gasteiger partial charge in [-0.05, 0) is 24.6 Å². The lowest BCUT2D eigenvalue weighted by Crippen LogP contribution is -1.92. The number of halogens is 2. The Morgan fingerprint density at radius 3 is 2.57 bits per heavy atom. The van der Waals surface area contributed by atoms with E-state index in [9.17, 15) is 13.6 Å². The van der Waals surface area contributed by atoms with Gasteiger partial charge in [0.2, 0.25) is 0 Å². The lowest BCUT2D eigenvalue weighted by molar-refractivity contribution is -0.131. The molecule has 0 spiro atoms. The topological polar surface area (TPSA) is 37.3 Å². The molecule has 2 nitrogen and oxygen atoms in total. The van der Waals surface area contributed by atoms with E-state index in [1.807, 2.05) is 0 Å². The third kappa shape index (κ3) is 2.39. The van der Waals surface area contributed by atoms with Crippen LogP contribution in [0.2, 0.25) is 0 Å². The summed E-state index contributed by atoms with van der Waals surface area (Å²) in [5.74, 6) is -2.61. The van der Waals surface area contributed by atoms with Crippen LogP contribution in [0.25, 0.3) is 6.08 Å². The van der Waals surface area contributed by atoms with Crippen LogP contribution in [0.1, 0.15) is 11.1 Å². The van der Waals surface area contributed by atoms with Crippen LogP contribution < -0.4 is 0 Å². The Morgan fingerprint density at radius 2 is 2.07 bits per heavy atom. The van der Waals surface area contributed by atoms with E-state index in [0.29, 0.717) is 11.6 Å². The van der Waals surface area contributed by atoms with Crippen LogP contribution in [-0.4, -0.2) is 11.1 Å². The zero-order valence-electron chi connectivity index (χ0n) is 7.42. The second-order valence-corrected chi connectivity index (χ2v) is 2.79. The zero-order chi connectivity index (χ0) is 10.7. The highest BCUT2D eigenvalue weighted by Crippen LogP contribution is 2.16. The summed E-state index contributed by atoms with van der Waals surface area (Å²) >= 11 is 0. The number of rotatable bonds is 2. The molecule has 1 rings (SSSR count). The van der Waals surface area contributed by atoms with Crippen molar-refractivity contribution in [3.05, 3.63) is 41.0 Å². The molecule has 0 bridgehead atoms. The van der Waals surface area contributed by atoms with Gasteiger partial charge in [-0.3, -0.25) is 0 Å². The summed E-state index contributed by atoms with van der Waals surface area (Å²) in [7, 11) is 0. The van der Waals surface area contributed by atoms with E-state index >= 15 is 0 Å². The fourth-order valence-corrected chi connectivity index (χ4v) is 1.08. The molecule has 1 N–H and O–H groups in total. The second kappa shape index (κ2) is 4.00. The Morgan fingerprint density at radius 1 is 1.43 bits per heavy atom. The van der Waals surface area contributed by atoms with Crippen LogP contribution in [-0.2, 0) is 4.79 Å². The first-order valence-corrected chi connectivity index (χ1v) is 3.87. The van der Waals surface area contributed by atoms with Gasteiger partial charge >= 0.3 is 5.97 Å². The Kier molecular flexibility index (Phi) is 2.96. The zero-order valence-corrected chi connectivity index (χ0v) is 7.42. The fraction of sp³-hybridized carbons (Fsp3) is 0.100. The van der Waals surface area contributed by atoms with Crippen LogP contribution >= 0.6 is 0 Å². The molecular formula is C10H8F2O2. The van der Waals surface area contributed by atoms with E-state index in [1.165, 1.54) is 6.92 Å². The van der Waals surface area contributed by atoms with Crippen molar-refractivity contribution >= 4 is 12.0 Å². The highest BCUT2D eigenvalue weighted by atomic mass is 19.1. The van der Waals surface area contributed by atoms with E-state index in [2.05, 4.69) is 0 Å². The molecule has 0 aliphatic carbocycles. The quantitative estimate of drug-likeness (QED) is 0.740. The molecule has 0 radical (unpaired) electrons. The number of carbonyl (C=O) groups is 1. The Hall–Kier alpha value is -1.71. The van der Waals surface area contributed by atoms with Crippen molar-refractivity contribution in [1.82, 2.24) is 0 Å². The maximum Gasteiger partial charge on any atom is 0.328 e. The van der Waals surface area contributed by atoms with E-state index < -0.39 is 17.6 Å². The standard InChI is InChI=1S/C10H8F2O2/c1-6-4-7(11)5-9(12)8(6)2-3-10(13)14/h2-5H,1H3,(H,13,14)/b3-2+. The molecule has 0 amide bonds. The monoisotopic (exact) mass is 198 g/mol. The highest BCUT2D eigenvalue weighted by molar-refractivity contribution is 5.85. The predicted octanol–water partition coefficient (Wildman–Crippen LogP) is 2.37. The summed E-state index contributed by atoms with van der Waals surface area (Å²) in [5.41, 5.74) is 0.453. The summed E-state index contributed by atoms with van der Waals surface area (Å²) in [4.78, 5) is 10.2. The van der Waals surface area contributed by atoms with Crippen LogP contribution in [0.3, 0.4) is 0 Å². The van der Waals surface area contributed by atoms with Crippen LogP contribution in [0.5, 0.6) is 0 Å². The van der Waals surface area contributed by atoms with E-state index in [-0.39, 0.29) is 5.56 Å². The molecule has 0 saturated heterocycles.